The topological polar surface area (TPSA) is 102 Å². The fourth-order valence-electron chi connectivity index (χ4n) is 3.55. The molecule has 35 heavy (non-hydrogen) atoms. The number of hydrogen-bond donors (Lipinski definition) is 2. The van der Waals surface area contributed by atoms with Gasteiger partial charge in [-0.05, 0) is 25.1 Å². The summed E-state index contributed by atoms with van der Waals surface area (Å²) < 4.78 is 111. The Balaban J connectivity index is 2.57. The van der Waals surface area contributed by atoms with Gasteiger partial charge < -0.3 is 24.4 Å². The molecule has 0 saturated heterocycles. The highest BCUT2D eigenvalue weighted by molar-refractivity contribution is 6.07. The number of fused-ring (bicyclic) bond motifs is 3. The van der Waals surface area contributed by atoms with E-state index in [9.17, 15) is 41.8 Å². The van der Waals surface area contributed by atoms with Gasteiger partial charge in [0.2, 0.25) is 0 Å². The van der Waals surface area contributed by atoms with Gasteiger partial charge in [-0.15, -0.1) is 0 Å². The molecule has 14 heteroatoms. The summed E-state index contributed by atoms with van der Waals surface area (Å²) >= 11 is 0. The second-order valence-electron chi connectivity index (χ2n) is 7.45. The van der Waals surface area contributed by atoms with Gasteiger partial charge in [0, 0.05) is 16.7 Å². The molecule has 1 unspecified atom stereocenters. The van der Waals surface area contributed by atoms with Crippen molar-refractivity contribution in [1.29, 1.82) is 0 Å². The largest absolute Gasteiger partial charge is 0.506 e. The summed E-state index contributed by atoms with van der Waals surface area (Å²) in [6.45, 7) is 1.47. The Morgan fingerprint density at radius 3 is 2.06 bits per heavy atom. The van der Waals surface area contributed by atoms with Crippen LogP contribution in [0.5, 0.6) is 11.5 Å². The zero-order valence-corrected chi connectivity index (χ0v) is 17.9. The van der Waals surface area contributed by atoms with Crippen molar-refractivity contribution in [2.75, 3.05) is 14.2 Å². The number of ether oxygens (including phenoxy) is 3. The van der Waals surface area contributed by atoms with Crippen LogP contribution in [0, 0.1) is 6.92 Å². The number of hydrogen-bond acceptors (Lipinski definition) is 7. The molecule has 1 aliphatic heterocycles. The molecule has 0 bridgehead atoms. The Bertz CT molecular complexity index is 1220. The summed E-state index contributed by atoms with van der Waals surface area (Å²) in [4.78, 5) is 24.6. The lowest BCUT2D eigenvalue weighted by Crippen LogP contribution is -2.65. The van der Waals surface area contributed by atoms with Crippen molar-refractivity contribution >= 4 is 11.9 Å². The van der Waals surface area contributed by atoms with Gasteiger partial charge in [0.25, 0.3) is 0 Å². The van der Waals surface area contributed by atoms with E-state index in [0.29, 0.717) is 5.56 Å². The summed E-state index contributed by atoms with van der Waals surface area (Å²) in [5.41, 5.74) is -4.69. The number of rotatable bonds is 4. The number of phenolic OH excluding ortho intramolecular Hbond substituents is 1. The van der Waals surface area contributed by atoms with Gasteiger partial charge in [0.15, 0.2) is 0 Å². The first-order chi connectivity index (χ1) is 16.0. The molecular weight excluding hydrogens is 497 g/mol. The Labute approximate surface area is 191 Å². The maximum absolute atomic E-state index is 15.0. The standard InChI is InChI=1S/C21H15F7O7/c1-8-4-5-12-9(6-8)13-11(7-10(16(30)33-2)15(29)14(13)17(31)34-3)18(32,35-12)19(22,23)20(24,25)21(26,27)28/h4-7,29,32H,1-3H3. The molecule has 0 saturated carbocycles. The van der Waals surface area contributed by atoms with Crippen LogP contribution in [-0.2, 0) is 15.3 Å². The van der Waals surface area contributed by atoms with E-state index in [4.69, 9.17) is 0 Å². The van der Waals surface area contributed by atoms with E-state index in [-0.39, 0.29) is 11.6 Å². The highest BCUT2D eigenvalue weighted by Crippen LogP contribution is 2.59. The zero-order chi connectivity index (χ0) is 26.7. The summed E-state index contributed by atoms with van der Waals surface area (Å²) in [5.74, 6) is -23.2. The van der Waals surface area contributed by atoms with Crippen LogP contribution >= 0.6 is 0 Å². The minimum absolute atomic E-state index is 0.175. The summed E-state index contributed by atoms with van der Waals surface area (Å²) in [5, 5.41) is 21.3. The highest BCUT2D eigenvalue weighted by atomic mass is 19.4. The number of benzene rings is 2. The monoisotopic (exact) mass is 512 g/mol. The highest BCUT2D eigenvalue weighted by Gasteiger charge is 2.82. The number of aryl methyl sites for hydroxylation is 1. The van der Waals surface area contributed by atoms with E-state index in [0.717, 1.165) is 26.4 Å². The van der Waals surface area contributed by atoms with Crippen LogP contribution in [0.4, 0.5) is 30.7 Å². The quantitative estimate of drug-likeness (QED) is 0.465. The number of carbonyl (C=O) groups excluding carboxylic acids is 2. The van der Waals surface area contributed by atoms with Crippen LogP contribution in [0.1, 0.15) is 31.8 Å². The minimum atomic E-state index is -6.87. The number of esters is 2. The molecule has 0 spiro atoms. The molecule has 0 radical (unpaired) electrons. The predicted octanol–water partition coefficient (Wildman–Crippen LogP) is 4.31. The third-order valence-electron chi connectivity index (χ3n) is 5.30. The van der Waals surface area contributed by atoms with Gasteiger partial charge in [-0.1, -0.05) is 11.6 Å². The van der Waals surface area contributed by atoms with E-state index < -0.39 is 69.5 Å². The lowest BCUT2D eigenvalue weighted by atomic mass is 9.81. The van der Waals surface area contributed by atoms with Crippen LogP contribution in [0.2, 0.25) is 0 Å². The fourth-order valence-corrected chi connectivity index (χ4v) is 3.55. The molecule has 7 nitrogen and oxygen atoms in total. The first-order valence-electron chi connectivity index (χ1n) is 9.38. The third kappa shape index (κ3) is 3.54. The van der Waals surface area contributed by atoms with Crippen molar-refractivity contribution in [2.45, 2.75) is 30.7 Å². The lowest BCUT2D eigenvalue weighted by Gasteiger charge is -2.43. The lowest BCUT2D eigenvalue weighted by molar-refractivity contribution is -0.421. The molecule has 0 aliphatic carbocycles. The van der Waals surface area contributed by atoms with E-state index in [1.807, 2.05) is 0 Å². The van der Waals surface area contributed by atoms with Crippen molar-refractivity contribution in [3.63, 3.8) is 0 Å². The van der Waals surface area contributed by atoms with E-state index in [1.54, 1.807) is 0 Å². The van der Waals surface area contributed by atoms with Crippen LogP contribution in [0.15, 0.2) is 24.3 Å². The Morgan fingerprint density at radius 2 is 1.54 bits per heavy atom. The maximum Gasteiger partial charge on any atom is 0.460 e. The minimum Gasteiger partial charge on any atom is -0.506 e. The van der Waals surface area contributed by atoms with E-state index >= 15 is 8.78 Å². The van der Waals surface area contributed by atoms with Gasteiger partial charge in [-0.3, -0.25) is 0 Å². The second-order valence-corrected chi connectivity index (χ2v) is 7.45. The van der Waals surface area contributed by atoms with Crippen LogP contribution in [0.3, 0.4) is 0 Å². The molecule has 3 rings (SSSR count). The van der Waals surface area contributed by atoms with Crippen molar-refractivity contribution in [3.8, 4) is 22.6 Å². The molecule has 2 N–H and O–H groups in total. The Hall–Kier alpha value is -3.55. The summed E-state index contributed by atoms with van der Waals surface area (Å²) in [6.07, 6.45) is -6.86. The van der Waals surface area contributed by atoms with Crippen LogP contribution < -0.4 is 4.74 Å². The average molecular weight is 512 g/mol. The number of aromatic hydroxyl groups is 1. The van der Waals surface area contributed by atoms with Crippen LogP contribution in [0.25, 0.3) is 11.1 Å². The van der Waals surface area contributed by atoms with Crippen molar-refractivity contribution < 1.29 is 64.7 Å². The van der Waals surface area contributed by atoms with E-state index in [2.05, 4.69) is 14.2 Å². The normalized spacial score (nSPS) is 17.7. The number of carbonyl (C=O) groups is 2. The van der Waals surface area contributed by atoms with Crippen LogP contribution in [-0.4, -0.2) is 54.4 Å². The molecule has 0 fully saturated rings. The Kier molecular flexibility index (Phi) is 5.96. The number of methoxy groups -OCH3 is 2. The smallest absolute Gasteiger partial charge is 0.460 e. The first-order valence-corrected chi connectivity index (χ1v) is 9.38. The molecule has 2 aromatic carbocycles. The van der Waals surface area contributed by atoms with Gasteiger partial charge in [-0.2, -0.15) is 30.7 Å². The molecule has 1 atom stereocenters. The number of halogens is 7. The first kappa shape index (κ1) is 26.1. The fraction of sp³-hybridized carbons (Fsp3) is 0.333. The van der Waals surface area contributed by atoms with Crippen molar-refractivity contribution in [2.24, 2.45) is 0 Å². The number of phenols is 1. The maximum atomic E-state index is 15.0. The number of aliphatic hydroxyl groups is 1. The van der Waals surface area contributed by atoms with Crippen molar-refractivity contribution in [3.05, 3.63) is 46.5 Å². The van der Waals surface area contributed by atoms with Gasteiger partial charge in [0.1, 0.15) is 22.6 Å². The molecule has 2 aromatic rings. The zero-order valence-electron chi connectivity index (χ0n) is 17.9. The predicted molar refractivity (Wildman–Crippen MR) is 101 cm³/mol. The van der Waals surface area contributed by atoms with Gasteiger partial charge in [0.05, 0.1) is 14.2 Å². The summed E-state index contributed by atoms with van der Waals surface area (Å²) in [7, 11) is 1.53. The third-order valence-corrected chi connectivity index (χ3v) is 5.30. The SMILES string of the molecule is COC(=O)c1cc2c(c(C(=O)OC)c1O)-c1cc(C)ccc1OC2(O)C(F)(F)C(F)(F)C(F)(F)F. The number of alkyl halides is 7. The molecule has 190 valence electrons. The molecule has 0 amide bonds. The molecule has 1 aliphatic rings. The average Bonchev–Trinajstić information content (AvgIpc) is 2.77. The van der Waals surface area contributed by atoms with Crippen molar-refractivity contribution in [1.82, 2.24) is 0 Å². The summed E-state index contributed by atoms with van der Waals surface area (Å²) in [6, 6.07) is 3.38. The molecule has 1 heterocycles. The Morgan fingerprint density at radius 1 is 0.971 bits per heavy atom. The van der Waals surface area contributed by atoms with Gasteiger partial charge >= 0.3 is 35.7 Å². The molecular formula is C21H15F7O7. The second kappa shape index (κ2) is 8.00. The van der Waals surface area contributed by atoms with Gasteiger partial charge in [-0.25, -0.2) is 9.59 Å². The molecule has 0 aromatic heterocycles. The van der Waals surface area contributed by atoms with E-state index in [1.165, 1.54) is 13.0 Å².